The zero-order valence-corrected chi connectivity index (χ0v) is 20.1. The van der Waals surface area contributed by atoms with Crippen LogP contribution in [-0.2, 0) is 9.53 Å². The third kappa shape index (κ3) is 5.76. The van der Waals surface area contributed by atoms with E-state index < -0.39 is 41.5 Å². The van der Waals surface area contributed by atoms with Crippen LogP contribution in [-0.4, -0.2) is 94.6 Å². The molecule has 1 fully saturated rings. The van der Waals surface area contributed by atoms with Crippen molar-refractivity contribution < 1.29 is 29.8 Å². The maximum atomic E-state index is 11.3. The quantitative estimate of drug-likeness (QED) is 0.160. The molecule has 3 heterocycles. The first-order chi connectivity index (χ1) is 18.2. The molecule has 3 aromatic rings. The van der Waals surface area contributed by atoms with Gasteiger partial charge >= 0.3 is 5.97 Å². The molecule has 0 radical (unpaired) electrons. The highest BCUT2D eigenvalue weighted by atomic mass is 16.6. The Morgan fingerprint density at radius 1 is 1.26 bits per heavy atom. The van der Waals surface area contributed by atoms with Gasteiger partial charge in [0.2, 0.25) is 0 Å². The first-order valence-corrected chi connectivity index (χ1v) is 11.7. The van der Waals surface area contributed by atoms with Crippen molar-refractivity contribution in [2.75, 3.05) is 25.4 Å². The second-order valence-electron chi connectivity index (χ2n) is 8.84. The highest BCUT2D eigenvalue weighted by Crippen LogP contribution is 2.32. The minimum absolute atomic E-state index is 0.0549. The Morgan fingerprint density at radius 2 is 2.03 bits per heavy atom. The lowest BCUT2D eigenvalue weighted by atomic mass is 10.1. The molecule has 15 nitrogen and oxygen atoms in total. The van der Waals surface area contributed by atoms with Gasteiger partial charge in [-0.15, -0.1) is 0 Å². The van der Waals surface area contributed by atoms with E-state index in [0.29, 0.717) is 16.7 Å². The van der Waals surface area contributed by atoms with E-state index in [1.807, 2.05) is 0 Å². The number of rotatable bonds is 11. The summed E-state index contributed by atoms with van der Waals surface area (Å²) in [7, 11) is 0. The number of imidazole rings is 1. The van der Waals surface area contributed by atoms with Crippen molar-refractivity contribution in [3.8, 4) is 0 Å². The van der Waals surface area contributed by atoms with E-state index in [2.05, 4.69) is 15.0 Å². The Hall–Kier alpha value is -4.02. The lowest BCUT2D eigenvalue weighted by Crippen LogP contribution is -2.42. The third-order valence-corrected chi connectivity index (χ3v) is 6.30. The molecule has 7 N–H and O–H groups in total. The van der Waals surface area contributed by atoms with Crippen LogP contribution in [0.2, 0.25) is 0 Å². The monoisotopic (exact) mass is 528 g/mol. The van der Waals surface area contributed by atoms with E-state index in [0.717, 1.165) is 0 Å². The number of hydrogen-bond acceptors (Lipinski definition) is 12. The van der Waals surface area contributed by atoms with Gasteiger partial charge in [0, 0.05) is 25.7 Å². The van der Waals surface area contributed by atoms with Crippen LogP contribution < -0.4 is 11.5 Å². The Morgan fingerprint density at radius 3 is 2.76 bits per heavy atom. The number of aromatic nitrogens is 4. The van der Waals surface area contributed by atoms with Crippen molar-refractivity contribution in [1.29, 1.82) is 0 Å². The van der Waals surface area contributed by atoms with E-state index >= 15 is 0 Å². The topological polar surface area (TPSA) is 229 Å². The number of anilines is 1. The molecule has 0 saturated carbocycles. The first-order valence-electron chi connectivity index (χ1n) is 11.7. The van der Waals surface area contributed by atoms with Gasteiger partial charge < -0.3 is 31.5 Å². The number of aliphatic hydroxyl groups excluding tert-OH is 2. The maximum Gasteiger partial charge on any atom is 0.320 e. The summed E-state index contributed by atoms with van der Waals surface area (Å²) in [6.45, 7) is 0.565. The molecule has 0 amide bonds. The summed E-state index contributed by atoms with van der Waals surface area (Å²) >= 11 is 0. The van der Waals surface area contributed by atoms with Crippen molar-refractivity contribution in [3.05, 3.63) is 58.7 Å². The number of para-hydroxylation sites is 1. The number of carbonyl (C=O) groups is 1. The number of benzene rings is 1. The van der Waals surface area contributed by atoms with Gasteiger partial charge in [-0.05, 0) is 12.5 Å². The van der Waals surface area contributed by atoms with E-state index in [1.54, 1.807) is 35.3 Å². The number of hydrogen-bond donors (Lipinski definition) is 5. The molecule has 5 atom stereocenters. The largest absolute Gasteiger partial charge is 0.480 e. The molecule has 4 rings (SSSR count). The summed E-state index contributed by atoms with van der Waals surface area (Å²) in [6.07, 6.45) is 1.53. The normalized spacial score (nSPS) is 22.4. The van der Waals surface area contributed by atoms with Crippen LogP contribution in [0.15, 0.2) is 43.0 Å². The molecule has 15 heteroatoms. The predicted octanol–water partition coefficient (Wildman–Crippen LogP) is -0.247. The molecule has 1 saturated heterocycles. The minimum Gasteiger partial charge on any atom is -0.480 e. The van der Waals surface area contributed by atoms with Gasteiger partial charge in [-0.3, -0.25) is 24.4 Å². The Kier molecular flexibility index (Phi) is 8.23. The van der Waals surface area contributed by atoms with Crippen LogP contribution in [0.3, 0.4) is 0 Å². The molecule has 1 aliphatic rings. The molecule has 0 spiro atoms. The molecule has 2 aromatic heterocycles. The van der Waals surface area contributed by atoms with Gasteiger partial charge in [0.1, 0.15) is 36.2 Å². The third-order valence-electron chi connectivity index (χ3n) is 6.30. The summed E-state index contributed by atoms with van der Waals surface area (Å²) in [5.41, 5.74) is 12.5. The summed E-state index contributed by atoms with van der Waals surface area (Å²) in [5, 5.41) is 42.0. The van der Waals surface area contributed by atoms with Crippen LogP contribution in [0.25, 0.3) is 17.2 Å². The number of nitro benzene ring substituents is 1. The van der Waals surface area contributed by atoms with Crippen molar-refractivity contribution in [2.24, 2.45) is 5.73 Å². The highest BCUT2D eigenvalue weighted by Gasteiger charge is 2.44. The van der Waals surface area contributed by atoms with Crippen LogP contribution in [0, 0.1) is 10.1 Å². The van der Waals surface area contributed by atoms with Gasteiger partial charge in [-0.25, -0.2) is 15.0 Å². The summed E-state index contributed by atoms with van der Waals surface area (Å²) in [4.78, 5) is 36.0. The van der Waals surface area contributed by atoms with Crippen LogP contribution in [0.1, 0.15) is 18.2 Å². The van der Waals surface area contributed by atoms with Crippen LogP contribution in [0.4, 0.5) is 11.5 Å². The first kappa shape index (κ1) is 27.0. The molecular weight excluding hydrogens is 500 g/mol. The van der Waals surface area contributed by atoms with Crippen LogP contribution in [0.5, 0.6) is 0 Å². The number of carboxylic acids is 1. The number of nitrogen functional groups attached to an aromatic ring is 1. The zero-order chi connectivity index (χ0) is 27.4. The lowest BCUT2D eigenvalue weighted by molar-refractivity contribution is -0.385. The molecule has 0 unspecified atom stereocenters. The summed E-state index contributed by atoms with van der Waals surface area (Å²) in [5.74, 6) is -0.994. The average molecular weight is 529 g/mol. The van der Waals surface area contributed by atoms with Gasteiger partial charge in [-0.2, -0.15) is 0 Å². The van der Waals surface area contributed by atoms with Gasteiger partial charge in [0.15, 0.2) is 17.7 Å². The van der Waals surface area contributed by atoms with Gasteiger partial charge in [-0.1, -0.05) is 24.3 Å². The highest BCUT2D eigenvalue weighted by molar-refractivity contribution is 5.81. The number of nitrogens with two attached hydrogens (primary N) is 2. The number of nitro groups is 1. The molecule has 1 aliphatic heterocycles. The van der Waals surface area contributed by atoms with Crippen molar-refractivity contribution in [1.82, 2.24) is 24.4 Å². The number of nitrogens with zero attached hydrogens (tertiary/aromatic N) is 6. The second-order valence-corrected chi connectivity index (χ2v) is 8.84. The number of fused-ring (bicyclic) bond motifs is 1. The van der Waals surface area contributed by atoms with Crippen molar-refractivity contribution >= 4 is 34.7 Å². The standard InChI is InChI=1S/C23H28N8O7/c24-14(23(34)35)7-9-29(8-3-5-13-4-1-2-6-15(13)31(36)37)10-16-18(32)19(33)22(38-16)30-12-28-17-20(25)26-11-27-21(17)30/h1-6,11-12,14,16,18-19,22,32-33H,7-10,24H2,(H,34,35)(H2,25,26,27)/b5-3+/t14-,16+,18-,19+,22+/m0/s1. The fourth-order valence-corrected chi connectivity index (χ4v) is 4.25. The van der Waals surface area contributed by atoms with Crippen molar-refractivity contribution in [2.45, 2.75) is 37.0 Å². The Balaban J connectivity index is 1.50. The minimum atomic E-state index is -1.32. The maximum absolute atomic E-state index is 11.3. The lowest BCUT2D eigenvalue weighted by Gasteiger charge is -2.26. The van der Waals surface area contributed by atoms with Gasteiger partial charge in [0.25, 0.3) is 5.69 Å². The molecular formula is C23H28N8O7. The van der Waals surface area contributed by atoms with E-state index in [9.17, 15) is 25.1 Å². The second kappa shape index (κ2) is 11.6. The zero-order valence-electron chi connectivity index (χ0n) is 20.1. The number of aliphatic carboxylic acids is 1. The molecule has 202 valence electrons. The van der Waals surface area contributed by atoms with Gasteiger partial charge in [0.05, 0.1) is 16.8 Å². The van der Waals surface area contributed by atoms with Crippen LogP contribution >= 0.6 is 0 Å². The van der Waals surface area contributed by atoms with E-state index in [4.69, 9.17) is 21.3 Å². The van der Waals surface area contributed by atoms with E-state index in [-0.39, 0.29) is 37.6 Å². The number of aliphatic hydroxyl groups is 2. The number of ether oxygens (including phenoxy) is 1. The fourth-order valence-electron chi connectivity index (χ4n) is 4.25. The summed E-state index contributed by atoms with van der Waals surface area (Å²) in [6, 6.07) is 5.15. The smallest absolute Gasteiger partial charge is 0.320 e. The average Bonchev–Trinajstić information content (AvgIpc) is 3.44. The SMILES string of the molecule is Nc1ncnc2c1ncn2[C@@H]1O[C@H](CN(C/C=C/c2ccccc2[N+](=O)[O-])CC[C@H](N)C(=O)O)[C@H](O)[C@H]1O. The molecule has 0 bridgehead atoms. The van der Waals surface area contributed by atoms with Crippen molar-refractivity contribution in [3.63, 3.8) is 0 Å². The molecule has 0 aliphatic carbocycles. The fraction of sp³-hybridized carbons (Fsp3) is 0.391. The predicted molar refractivity (Wildman–Crippen MR) is 134 cm³/mol. The number of carboxylic acid groups (broad SMARTS) is 1. The molecule has 38 heavy (non-hydrogen) atoms. The summed E-state index contributed by atoms with van der Waals surface area (Å²) < 4.78 is 7.46. The Bertz CT molecular complexity index is 1330. The van der Waals surface area contributed by atoms with E-state index in [1.165, 1.54) is 23.3 Å². The Labute approximate surface area is 216 Å². The molecule has 1 aromatic carbocycles.